The number of nitrogens with one attached hydrogen (secondary N) is 1. The molecule has 6 nitrogen and oxygen atoms in total. The molecule has 0 amide bonds. The maximum Gasteiger partial charge on any atom is 0.335 e. The highest BCUT2D eigenvalue weighted by Crippen LogP contribution is 2.26. The Morgan fingerprint density at radius 3 is 2.95 bits per heavy atom. The molecule has 0 radical (unpaired) electrons. The summed E-state index contributed by atoms with van der Waals surface area (Å²) in [5, 5.41) is 12.2. The summed E-state index contributed by atoms with van der Waals surface area (Å²) in [7, 11) is 1.55. The van der Waals surface area contributed by atoms with Crippen LogP contribution in [0.25, 0.3) is 0 Å². The van der Waals surface area contributed by atoms with Crippen LogP contribution in [0.3, 0.4) is 0 Å². The maximum absolute atomic E-state index is 11.0. The fourth-order valence-electron chi connectivity index (χ4n) is 2.11. The van der Waals surface area contributed by atoms with Crippen LogP contribution in [-0.2, 0) is 13.1 Å². The van der Waals surface area contributed by atoms with Gasteiger partial charge in [-0.2, -0.15) is 0 Å². The summed E-state index contributed by atoms with van der Waals surface area (Å²) in [4.78, 5) is 15.3. The molecule has 0 saturated carbocycles. The monoisotopic (exact) mass is 289 g/mol. The van der Waals surface area contributed by atoms with Gasteiger partial charge in [0.15, 0.2) is 0 Å². The van der Waals surface area contributed by atoms with Crippen LogP contribution in [0.2, 0.25) is 0 Å². The molecule has 0 bridgehead atoms. The highest BCUT2D eigenvalue weighted by atomic mass is 16.5. The average Bonchev–Trinajstić information content (AvgIpc) is 2.92. The number of hydrogen-bond donors (Lipinski definition) is 2. The molecule has 0 atom stereocenters. The molecule has 21 heavy (non-hydrogen) atoms. The smallest absolute Gasteiger partial charge is 0.335 e. The van der Waals surface area contributed by atoms with Crippen molar-refractivity contribution in [2.45, 2.75) is 26.4 Å². The van der Waals surface area contributed by atoms with Crippen molar-refractivity contribution in [3.05, 3.63) is 42.0 Å². The van der Waals surface area contributed by atoms with Crippen LogP contribution in [0.15, 0.2) is 30.6 Å². The van der Waals surface area contributed by atoms with Gasteiger partial charge in [0.25, 0.3) is 0 Å². The number of aryl methyl sites for hydroxylation is 1. The largest absolute Gasteiger partial charge is 0.495 e. The summed E-state index contributed by atoms with van der Waals surface area (Å²) in [6, 6.07) is 4.73. The van der Waals surface area contributed by atoms with Crippen molar-refractivity contribution in [1.29, 1.82) is 0 Å². The van der Waals surface area contributed by atoms with E-state index in [9.17, 15) is 4.79 Å². The Kier molecular flexibility index (Phi) is 4.81. The Balaban J connectivity index is 2.16. The lowest BCUT2D eigenvalue weighted by Gasteiger charge is -2.12. The van der Waals surface area contributed by atoms with Gasteiger partial charge in [0, 0.05) is 18.9 Å². The Morgan fingerprint density at radius 1 is 1.48 bits per heavy atom. The van der Waals surface area contributed by atoms with Crippen molar-refractivity contribution in [3.8, 4) is 5.75 Å². The number of carboxylic acid groups (broad SMARTS) is 1. The van der Waals surface area contributed by atoms with Crippen LogP contribution in [0, 0.1) is 0 Å². The molecule has 1 aromatic heterocycles. The quantitative estimate of drug-likeness (QED) is 0.819. The molecule has 112 valence electrons. The summed E-state index contributed by atoms with van der Waals surface area (Å²) >= 11 is 0. The van der Waals surface area contributed by atoms with Crippen LogP contribution in [0.5, 0.6) is 5.75 Å². The zero-order valence-electron chi connectivity index (χ0n) is 12.2. The van der Waals surface area contributed by atoms with Crippen molar-refractivity contribution in [2.24, 2.45) is 0 Å². The maximum atomic E-state index is 11.0. The predicted molar refractivity (Wildman–Crippen MR) is 79.8 cm³/mol. The first-order chi connectivity index (χ1) is 10.2. The van der Waals surface area contributed by atoms with Gasteiger partial charge in [-0.25, -0.2) is 9.78 Å². The minimum atomic E-state index is -0.965. The highest BCUT2D eigenvalue weighted by molar-refractivity contribution is 5.89. The van der Waals surface area contributed by atoms with Crippen molar-refractivity contribution in [1.82, 2.24) is 9.55 Å². The molecule has 1 aromatic carbocycles. The molecule has 2 rings (SSSR count). The molecule has 0 unspecified atom stereocenters. The van der Waals surface area contributed by atoms with Crippen LogP contribution >= 0.6 is 0 Å². The third-order valence-electron chi connectivity index (χ3n) is 3.15. The van der Waals surface area contributed by atoms with Gasteiger partial charge in [0.2, 0.25) is 0 Å². The van der Waals surface area contributed by atoms with E-state index < -0.39 is 5.97 Å². The van der Waals surface area contributed by atoms with Gasteiger partial charge >= 0.3 is 5.97 Å². The molecule has 0 aliphatic rings. The lowest BCUT2D eigenvalue weighted by molar-refractivity contribution is 0.0697. The molecule has 0 aliphatic carbocycles. The van der Waals surface area contributed by atoms with Crippen LogP contribution < -0.4 is 10.1 Å². The van der Waals surface area contributed by atoms with E-state index in [0.717, 1.165) is 18.8 Å². The van der Waals surface area contributed by atoms with E-state index in [2.05, 4.69) is 21.8 Å². The molecular formula is C15H19N3O3. The Labute approximate surface area is 123 Å². The van der Waals surface area contributed by atoms with Crippen LogP contribution in [0.1, 0.15) is 29.5 Å². The Morgan fingerprint density at radius 2 is 2.29 bits per heavy atom. The van der Waals surface area contributed by atoms with Crippen molar-refractivity contribution < 1.29 is 14.6 Å². The summed E-state index contributed by atoms with van der Waals surface area (Å²) in [5.41, 5.74) is 0.860. The van der Waals surface area contributed by atoms with Crippen molar-refractivity contribution in [3.63, 3.8) is 0 Å². The topological polar surface area (TPSA) is 76.4 Å². The van der Waals surface area contributed by atoms with Crippen LogP contribution in [-0.4, -0.2) is 27.7 Å². The number of carboxylic acids is 1. The molecule has 0 aliphatic heterocycles. The first-order valence-corrected chi connectivity index (χ1v) is 6.81. The summed E-state index contributed by atoms with van der Waals surface area (Å²) in [6.45, 7) is 3.52. The van der Waals surface area contributed by atoms with Crippen molar-refractivity contribution in [2.75, 3.05) is 12.4 Å². The van der Waals surface area contributed by atoms with Crippen LogP contribution in [0.4, 0.5) is 5.69 Å². The third-order valence-corrected chi connectivity index (χ3v) is 3.15. The van der Waals surface area contributed by atoms with Gasteiger partial charge in [-0.1, -0.05) is 6.92 Å². The van der Waals surface area contributed by atoms with E-state index in [4.69, 9.17) is 9.84 Å². The number of benzene rings is 1. The number of anilines is 1. The number of nitrogens with zero attached hydrogens (tertiary/aromatic N) is 2. The molecular weight excluding hydrogens is 270 g/mol. The fourth-order valence-corrected chi connectivity index (χ4v) is 2.11. The second-order valence-corrected chi connectivity index (χ2v) is 4.61. The number of ether oxygens (including phenoxy) is 1. The molecule has 0 spiro atoms. The van der Waals surface area contributed by atoms with Gasteiger partial charge in [0.1, 0.15) is 11.6 Å². The number of aromatic nitrogens is 2. The minimum absolute atomic E-state index is 0.218. The molecule has 2 N–H and O–H groups in total. The second kappa shape index (κ2) is 6.78. The second-order valence-electron chi connectivity index (χ2n) is 4.61. The van der Waals surface area contributed by atoms with Gasteiger partial charge in [0.05, 0.1) is 24.9 Å². The molecule has 0 fully saturated rings. The summed E-state index contributed by atoms with van der Waals surface area (Å²) in [5.74, 6) is 0.543. The lowest BCUT2D eigenvalue weighted by Crippen LogP contribution is -2.09. The van der Waals surface area contributed by atoms with E-state index in [0.29, 0.717) is 18.0 Å². The average molecular weight is 289 g/mol. The number of imidazole rings is 1. The zero-order chi connectivity index (χ0) is 15.2. The van der Waals surface area contributed by atoms with E-state index in [1.807, 2.05) is 6.20 Å². The summed E-state index contributed by atoms with van der Waals surface area (Å²) < 4.78 is 7.32. The molecule has 1 heterocycles. The summed E-state index contributed by atoms with van der Waals surface area (Å²) in [6.07, 6.45) is 4.73. The highest BCUT2D eigenvalue weighted by Gasteiger charge is 2.10. The van der Waals surface area contributed by atoms with E-state index >= 15 is 0 Å². The Bertz CT molecular complexity index is 622. The SMILES string of the molecule is CCCn1ccnc1CNc1cc(C(=O)O)ccc1OC. The van der Waals surface area contributed by atoms with Gasteiger partial charge < -0.3 is 19.7 Å². The van der Waals surface area contributed by atoms with E-state index in [1.54, 1.807) is 25.4 Å². The third kappa shape index (κ3) is 3.53. The fraction of sp³-hybridized carbons (Fsp3) is 0.333. The zero-order valence-corrected chi connectivity index (χ0v) is 12.2. The number of aromatic carboxylic acids is 1. The number of rotatable bonds is 7. The first-order valence-electron chi connectivity index (χ1n) is 6.81. The molecule has 2 aromatic rings. The first kappa shape index (κ1) is 14.9. The van der Waals surface area contributed by atoms with Gasteiger partial charge in [-0.3, -0.25) is 0 Å². The van der Waals surface area contributed by atoms with Gasteiger partial charge in [-0.05, 0) is 24.6 Å². The lowest BCUT2D eigenvalue weighted by atomic mass is 10.2. The van der Waals surface area contributed by atoms with Gasteiger partial charge in [-0.15, -0.1) is 0 Å². The Hall–Kier alpha value is -2.50. The standard InChI is InChI=1S/C15H19N3O3/c1-3-7-18-8-6-16-14(18)10-17-12-9-11(15(19)20)4-5-13(12)21-2/h4-6,8-9,17H,3,7,10H2,1-2H3,(H,19,20). The molecule has 0 saturated heterocycles. The predicted octanol–water partition coefficient (Wildman–Crippen LogP) is 2.61. The molecule has 6 heteroatoms. The minimum Gasteiger partial charge on any atom is -0.495 e. The number of hydrogen-bond acceptors (Lipinski definition) is 4. The normalized spacial score (nSPS) is 10.4. The van der Waals surface area contributed by atoms with E-state index in [-0.39, 0.29) is 5.56 Å². The van der Waals surface area contributed by atoms with E-state index in [1.165, 1.54) is 6.07 Å². The number of carbonyl (C=O) groups is 1. The number of methoxy groups -OCH3 is 1. The van der Waals surface area contributed by atoms with Crippen molar-refractivity contribution >= 4 is 11.7 Å².